The quantitative estimate of drug-likeness (QED) is 0.685. The summed E-state index contributed by atoms with van der Waals surface area (Å²) in [5.41, 5.74) is 1.36. The molecule has 1 N–H and O–H groups in total. The summed E-state index contributed by atoms with van der Waals surface area (Å²) in [6.07, 6.45) is 0. The molecule has 2 aromatic carbocycles. The van der Waals surface area contributed by atoms with Crippen LogP contribution in [0.5, 0.6) is 5.75 Å². The maximum Gasteiger partial charge on any atom is 0.342 e. The van der Waals surface area contributed by atoms with Crippen LogP contribution in [0.15, 0.2) is 48.5 Å². The van der Waals surface area contributed by atoms with Gasteiger partial charge in [0, 0.05) is 5.56 Å². The number of rotatable bonds is 4. The molecule has 0 spiro atoms. The van der Waals surface area contributed by atoms with Gasteiger partial charge in [-0.25, -0.2) is 4.79 Å². The topological polar surface area (TPSA) is 63.6 Å². The first-order chi connectivity index (χ1) is 9.58. The van der Waals surface area contributed by atoms with Gasteiger partial charge in [0.2, 0.25) is 0 Å². The van der Waals surface area contributed by atoms with Crippen molar-refractivity contribution in [3.63, 3.8) is 0 Å². The van der Waals surface area contributed by atoms with E-state index in [1.54, 1.807) is 43.3 Å². The standard InChI is InChI=1S/C16H14O4/c1-11-7-8-14(17)13(9-11)16(19)20-10-15(18)12-5-3-2-4-6-12/h2-9,17H,10H2,1H3. The highest BCUT2D eigenvalue weighted by molar-refractivity contribution is 5.99. The van der Waals surface area contributed by atoms with E-state index in [4.69, 9.17) is 4.74 Å². The number of aromatic hydroxyl groups is 1. The SMILES string of the molecule is Cc1ccc(O)c(C(=O)OCC(=O)c2ccccc2)c1. The van der Waals surface area contributed by atoms with E-state index < -0.39 is 5.97 Å². The molecule has 4 heteroatoms. The van der Waals surface area contributed by atoms with Crippen molar-refractivity contribution in [3.8, 4) is 5.75 Å². The Balaban J connectivity index is 2.02. The van der Waals surface area contributed by atoms with Gasteiger partial charge in [-0.05, 0) is 19.1 Å². The molecule has 0 aliphatic carbocycles. The number of ketones is 1. The Bertz CT molecular complexity index is 632. The Morgan fingerprint density at radius 1 is 1.10 bits per heavy atom. The van der Waals surface area contributed by atoms with Crippen LogP contribution in [-0.2, 0) is 4.74 Å². The van der Waals surface area contributed by atoms with Crippen LogP contribution in [0, 0.1) is 6.92 Å². The Hall–Kier alpha value is -2.62. The van der Waals surface area contributed by atoms with Gasteiger partial charge in [-0.2, -0.15) is 0 Å². The van der Waals surface area contributed by atoms with Crippen LogP contribution in [-0.4, -0.2) is 23.5 Å². The number of carbonyl (C=O) groups is 2. The molecule has 0 fully saturated rings. The Labute approximate surface area is 116 Å². The maximum absolute atomic E-state index is 11.8. The smallest absolute Gasteiger partial charge is 0.342 e. The highest BCUT2D eigenvalue weighted by Gasteiger charge is 2.15. The van der Waals surface area contributed by atoms with Crippen molar-refractivity contribution in [2.45, 2.75) is 6.92 Å². The molecule has 4 nitrogen and oxygen atoms in total. The zero-order chi connectivity index (χ0) is 14.5. The normalized spacial score (nSPS) is 10.1. The lowest BCUT2D eigenvalue weighted by molar-refractivity contribution is 0.0471. The fraction of sp³-hybridized carbons (Fsp3) is 0.125. The third-order valence-electron chi connectivity index (χ3n) is 2.80. The number of ether oxygens (including phenoxy) is 1. The van der Waals surface area contributed by atoms with Gasteiger partial charge in [0.25, 0.3) is 0 Å². The molecule has 0 aromatic heterocycles. The van der Waals surface area contributed by atoms with Gasteiger partial charge in [-0.1, -0.05) is 42.0 Å². The molecule has 0 aliphatic heterocycles. The molecule has 0 heterocycles. The fourth-order valence-electron chi connectivity index (χ4n) is 1.73. The van der Waals surface area contributed by atoms with Crippen LogP contribution >= 0.6 is 0 Å². The first-order valence-corrected chi connectivity index (χ1v) is 6.13. The van der Waals surface area contributed by atoms with Gasteiger partial charge in [0.1, 0.15) is 11.3 Å². The Morgan fingerprint density at radius 2 is 1.80 bits per heavy atom. The second-order valence-corrected chi connectivity index (χ2v) is 4.39. The summed E-state index contributed by atoms with van der Waals surface area (Å²) in [7, 11) is 0. The molecule has 0 bridgehead atoms. The first-order valence-electron chi connectivity index (χ1n) is 6.13. The molecule has 102 valence electrons. The predicted octanol–water partition coefficient (Wildman–Crippen LogP) is 2.74. The maximum atomic E-state index is 11.8. The van der Waals surface area contributed by atoms with Crippen molar-refractivity contribution < 1.29 is 19.4 Å². The molecule has 0 aliphatic rings. The lowest BCUT2D eigenvalue weighted by Crippen LogP contribution is -2.14. The third-order valence-corrected chi connectivity index (χ3v) is 2.80. The molecule has 2 rings (SSSR count). The molecule has 20 heavy (non-hydrogen) atoms. The minimum Gasteiger partial charge on any atom is -0.507 e. The summed E-state index contributed by atoms with van der Waals surface area (Å²) < 4.78 is 4.93. The fourth-order valence-corrected chi connectivity index (χ4v) is 1.73. The van der Waals surface area contributed by atoms with Crippen LogP contribution in [0.1, 0.15) is 26.3 Å². The minimum absolute atomic E-state index is 0.0610. The molecule has 0 amide bonds. The van der Waals surface area contributed by atoms with Crippen LogP contribution in [0.2, 0.25) is 0 Å². The van der Waals surface area contributed by atoms with Crippen LogP contribution in [0.25, 0.3) is 0 Å². The van der Waals surface area contributed by atoms with Crippen molar-refractivity contribution in [3.05, 3.63) is 65.2 Å². The molecule has 2 aromatic rings. The molecular weight excluding hydrogens is 256 g/mol. The average molecular weight is 270 g/mol. The average Bonchev–Trinajstić information content (AvgIpc) is 2.47. The van der Waals surface area contributed by atoms with E-state index in [0.29, 0.717) is 5.56 Å². The van der Waals surface area contributed by atoms with Crippen molar-refractivity contribution in [1.82, 2.24) is 0 Å². The lowest BCUT2D eigenvalue weighted by Gasteiger charge is -2.06. The number of esters is 1. The number of Topliss-reactive ketones (excluding diaryl/α,β-unsaturated/α-hetero) is 1. The van der Waals surface area contributed by atoms with Gasteiger partial charge in [0.15, 0.2) is 12.4 Å². The summed E-state index contributed by atoms with van der Waals surface area (Å²) in [6.45, 7) is 1.45. The Morgan fingerprint density at radius 3 is 2.50 bits per heavy atom. The van der Waals surface area contributed by atoms with E-state index in [2.05, 4.69) is 0 Å². The van der Waals surface area contributed by atoms with Gasteiger partial charge >= 0.3 is 5.97 Å². The molecular formula is C16H14O4. The van der Waals surface area contributed by atoms with Crippen molar-refractivity contribution in [2.75, 3.05) is 6.61 Å². The van der Waals surface area contributed by atoms with Crippen molar-refractivity contribution in [2.24, 2.45) is 0 Å². The second kappa shape index (κ2) is 6.02. The summed E-state index contributed by atoms with van der Waals surface area (Å²) in [5, 5.41) is 9.60. The summed E-state index contributed by atoms with van der Waals surface area (Å²) in [4.78, 5) is 23.6. The predicted molar refractivity (Wildman–Crippen MR) is 73.9 cm³/mol. The van der Waals surface area contributed by atoms with E-state index in [0.717, 1.165) is 5.56 Å². The molecule has 0 saturated heterocycles. The Kier molecular flexibility index (Phi) is 4.15. The number of aryl methyl sites for hydroxylation is 1. The molecule has 0 radical (unpaired) electrons. The highest BCUT2D eigenvalue weighted by atomic mass is 16.5. The van der Waals surface area contributed by atoms with Gasteiger partial charge in [-0.3, -0.25) is 4.79 Å². The van der Waals surface area contributed by atoms with Crippen LogP contribution in [0.4, 0.5) is 0 Å². The number of benzene rings is 2. The highest BCUT2D eigenvalue weighted by Crippen LogP contribution is 2.19. The van der Waals surface area contributed by atoms with E-state index in [9.17, 15) is 14.7 Å². The van der Waals surface area contributed by atoms with Crippen molar-refractivity contribution in [1.29, 1.82) is 0 Å². The van der Waals surface area contributed by atoms with Crippen molar-refractivity contribution >= 4 is 11.8 Å². The number of hydrogen-bond acceptors (Lipinski definition) is 4. The third kappa shape index (κ3) is 3.23. The summed E-state index contributed by atoms with van der Waals surface area (Å²) in [6, 6.07) is 13.2. The molecule has 0 atom stereocenters. The van der Waals surface area contributed by atoms with E-state index in [1.807, 2.05) is 0 Å². The zero-order valence-corrected chi connectivity index (χ0v) is 11.0. The number of phenolic OH excluding ortho intramolecular Hbond substituents is 1. The monoisotopic (exact) mass is 270 g/mol. The van der Waals surface area contributed by atoms with E-state index >= 15 is 0 Å². The number of hydrogen-bond donors (Lipinski definition) is 1. The van der Waals surface area contributed by atoms with Gasteiger partial charge in [0.05, 0.1) is 0 Å². The lowest BCUT2D eigenvalue weighted by atomic mass is 10.1. The van der Waals surface area contributed by atoms with Gasteiger partial charge in [-0.15, -0.1) is 0 Å². The van der Waals surface area contributed by atoms with Crippen LogP contribution in [0.3, 0.4) is 0 Å². The number of phenols is 1. The van der Waals surface area contributed by atoms with Crippen LogP contribution < -0.4 is 0 Å². The minimum atomic E-state index is -0.713. The molecule has 0 unspecified atom stereocenters. The zero-order valence-electron chi connectivity index (χ0n) is 11.0. The second-order valence-electron chi connectivity index (χ2n) is 4.39. The largest absolute Gasteiger partial charge is 0.507 e. The number of carbonyl (C=O) groups excluding carboxylic acids is 2. The van der Waals surface area contributed by atoms with Gasteiger partial charge < -0.3 is 9.84 Å². The first kappa shape index (κ1) is 13.8. The van der Waals surface area contributed by atoms with E-state index in [-0.39, 0.29) is 23.7 Å². The molecule has 0 saturated carbocycles. The summed E-state index contributed by atoms with van der Waals surface area (Å²) in [5.74, 6) is -1.16. The summed E-state index contributed by atoms with van der Waals surface area (Å²) >= 11 is 0. The van der Waals surface area contributed by atoms with E-state index in [1.165, 1.54) is 12.1 Å².